The van der Waals surface area contributed by atoms with Gasteiger partial charge in [-0.15, -0.1) is 4.83 Å². The Labute approximate surface area is 122 Å². The number of nitrogens with one attached hydrogen (secondary N) is 1. The standard InChI is InChI=1S/C13H28N4O2S/c1-11-6-5-7-12(2)17(11)15-20(18,19)16-9-4-3-8-13(16)10-14/h11-13,15H,3-10,14H2,1-2H3. The molecule has 0 saturated carbocycles. The summed E-state index contributed by atoms with van der Waals surface area (Å²) in [5, 5.41) is 1.90. The number of nitrogens with zero attached hydrogens (tertiary/aromatic N) is 2. The normalized spacial score (nSPS) is 34.2. The molecule has 2 saturated heterocycles. The third-order valence-corrected chi connectivity index (χ3v) is 6.11. The summed E-state index contributed by atoms with van der Waals surface area (Å²) in [5.41, 5.74) is 5.73. The number of nitrogens with two attached hydrogens (primary N) is 1. The maximum absolute atomic E-state index is 12.6. The first-order valence-electron chi connectivity index (χ1n) is 7.73. The predicted molar refractivity (Wildman–Crippen MR) is 80.1 cm³/mol. The van der Waals surface area contributed by atoms with Gasteiger partial charge in [0.05, 0.1) is 0 Å². The molecule has 0 aliphatic carbocycles. The van der Waals surface area contributed by atoms with Crippen LogP contribution >= 0.6 is 0 Å². The first kappa shape index (κ1) is 16.2. The fourth-order valence-electron chi connectivity index (χ4n) is 3.31. The second kappa shape index (κ2) is 6.70. The van der Waals surface area contributed by atoms with E-state index in [9.17, 15) is 8.42 Å². The molecule has 2 aliphatic heterocycles. The van der Waals surface area contributed by atoms with Crippen molar-refractivity contribution in [3.8, 4) is 0 Å². The average Bonchev–Trinajstić information content (AvgIpc) is 2.43. The average molecular weight is 304 g/mol. The molecule has 0 aromatic rings. The van der Waals surface area contributed by atoms with E-state index in [-0.39, 0.29) is 18.1 Å². The van der Waals surface area contributed by atoms with Gasteiger partial charge in [0.1, 0.15) is 0 Å². The van der Waals surface area contributed by atoms with Crippen molar-refractivity contribution in [2.75, 3.05) is 13.1 Å². The number of rotatable bonds is 4. The molecule has 2 fully saturated rings. The number of piperidine rings is 2. The zero-order chi connectivity index (χ0) is 14.8. The van der Waals surface area contributed by atoms with Crippen LogP contribution < -0.4 is 10.6 Å². The predicted octanol–water partition coefficient (Wildman–Crippen LogP) is 0.812. The Kier molecular flexibility index (Phi) is 5.42. The number of hydrazine groups is 1. The van der Waals surface area contributed by atoms with Gasteiger partial charge in [0.15, 0.2) is 0 Å². The van der Waals surface area contributed by atoms with E-state index in [2.05, 4.69) is 18.7 Å². The summed E-state index contributed by atoms with van der Waals surface area (Å²) in [7, 11) is -3.48. The molecule has 0 bridgehead atoms. The monoisotopic (exact) mass is 304 g/mol. The van der Waals surface area contributed by atoms with Crippen LogP contribution in [-0.4, -0.2) is 48.9 Å². The molecule has 6 nitrogen and oxygen atoms in total. The second-order valence-electron chi connectivity index (χ2n) is 6.13. The van der Waals surface area contributed by atoms with E-state index in [0.29, 0.717) is 13.1 Å². The lowest BCUT2D eigenvalue weighted by Gasteiger charge is -2.41. The van der Waals surface area contributed by atoms with Crippen LogP contribution in [0, 0.1) is 0 Å². The van der Waals surface area contributed by atoms with Gasteiger partial charge < -0.3 is 5.73 Å². The lowest BCUT2D eigenvalue weighted by Crippen LogP contribution is -2.60. The Hall–Kier alpha value is -0.210. The molecule has 0 amide bonds. The molecular weight excluding hydrogens is 276 g/mol. The topological polar surface area (TPSA) is 78.7 Å². The lowest BCUT2D eigenvalue weighted by atomic mass is 10.0. The quantitative estimate of drug-likeness (QED) is 0.806. The molecule has 0 spiro atoms. The molecule has 0 aromatic heterocycles. The summed E-state index contributed by atoms with van der Waals surface area (Å²) in [4.78, 5) is 2.80. The van der Waals surface area contributed by atoms with Gasteiger partial charge in [-0.05, 0) is 39.5 Å². The van der Waals surface area contributed by atoms with Gasteiger partial charge in [-0.2, -0.15) is 12.7 Å². The maximum atomic E-state index is 12.6. The Morgan fingerprint density at radius 2 is 1.75 bits per heavy atom. The van der Waals surface area contributed by atoms with E-state index < -0.39 is 10.2 Å². The van der Waals surface area contributed by atoms with E-state index in [1.807, 2.05) is 5.01 Å². The van der Waals surface area contributed by atoms with Gasteiger partial charge in [0.2, 0.25) is 0 Å². The van der Waals surface area contributed by atoms with E-state index in [4.69, 9.17) is 5.73 Å². The highest BCUT2D eigenvalue weighted by molar-refractivity contribution is 7.87. The highest BCUT2D eigenvalue weighted by Gasteiger charge is 2.35. The Morgan fingerprint density at radius 1 is 1.10 bits per heavy atom. The van der Waals surface area contributed by atoms with E-state index in [0.717, 1.165) is 38.5 Å². The summed E-state index contributed by atoms with van der Waals surface area (Å²) in [6, 6.07) is 0.431. The molecule has 2 heterocycles. The molecule has 3 N–H and O–H groups in total. The van der Waals surface area contributed by atoms with Crippen LogP contribution in [0.15, 0.2) is 0 Å². The minimum atomic E-state index is -3.48. The maximum Gasteiger partial charge on any atom is 0.292 e. The molecular formula is C13H28N4O2S. The molecule has 0 aromatic carbocycles. The third-order valence-electron chi connectivity index (χ3n) is 4.57. The van der Waals surface area contributed by atoms with Gasteiger partial charge in [-0.3, -0.25) is 0 Å². The number of hydrogen-bond donors (Lipinski definition) is 2. The summed E-state index contributed by atoms with van der Waals surface area (Å²) in [5.74, 6) is 0. The van der Waals surface area contributed by atoms with Crippen LogP contribution in [0.2, 0.25) is 0 Å². The van der Waals surface area contributed by atoms with Crippen LogP contribution in [0.4, 0.5) is 0 Å². The van der Waals surface area contributed by atoms with Crippen LogP contribution in [0.3, 0.4) is 0 Å². The largest absolute Gasteiger partial charge is 0.329 e. The van der Waals surface area contributed by atoms with Crippen LogP contribution in [0.5, 0.6) is 0 Å². The van der Waals surface area contributed by atoms with Gasteiger partial charge in [0.25, 0.3) is 10.2 Å². The summed E-state index contributed by atoms with van der Waals surface area (Å²) >= 11 is 0. The first-order chi connectivity index (χ1) is 9.45. The molecule has 7 heteroatoms. The van der Waals surface area contributed by atoms with Crippen molar-refractivity contribution >= 4 is 10.2 Å². The lowest BCUT2D eigenvalue weighted by molar-refractivity contribution is 0.0741. The van der Waals surface area contributed by atoms with Crippen LogP contribution in [0.25, 0.3) is 0 Å². The number of hydrogen-bond acceptors (Lipinski definition) is 4. The van der Waals surface area contributed by atoms with Gasteiger partial charge in [-0.1, -0.05) is 12.8 Å². The Balaban J connectivity index is 2.09. The van der Waals surface area contributed by atoms with Crippen LogP contribution in [0.1, 0.15) is 52.4 Å². The summed E-state index contributed by atoms with van der Waals surface area (Å²) in [6.07, 6.45) is 6.07. The van der Waals surface area contributed by atoms with Crippen molar-refractivity contribution in [3.63, 3.8) is 0 Å². The molecule has 118 valence electrons. The van der Waals surface area contributed by atoms with E-state index in [1.54, 1.807) is 4.31 Å². The zero-order valence-corrected chi connectivity index (χ0v) is 13.4. The minimum Gasteiger partial charge on any atom is -0.329 e. The van der Waals surface area contributed by atoms with Crippen molar-refractivity contribution in [1.29, 1.82) is 0 Å². The Bertz CT molecular complexity index is 405. The van der Waals surface area contributed by atoms with Gasteiger partial charge in [0, 0.05) is 31.2 Å². The molecule has 3 unspecified atom stereocenters. The molecule has 3 atom stereocenters. The van der Waals surface area contributed by atoms with Crippen molar-refractivity contribution in [1.82, 2.24) is 14.1 Å². The zero-order valence-electron chi connectivity index (χ0n) is 12.6. The highest BCUT2D eigenvalue weighted by Crippen LogP contribution is 2.23. The molecule has 2 rings (SSSR count). The SMILES string of the molecule is CC1CCCC(C)N1NS(=O)(=O)N1CCCCC1CN. The summed E-state index contributed by atoms with van der Waals surface area (Å²) < 4.78 is 26.8. The minimum absolute atomic E-state index is 0.0587. The van der Waals surface area contributed by atoms with Crippen molar-refractivity contribution in [3.05, 3.63) is 0 Å². The van der Waals surface area contributed by atoms with Gasteiger partial charge in [-0.25, -0.2) is 5.01 Å². The fraction of sp³-hybridized carbons (Fsp3) is 1.00. The molecule has 2 aliphatic rings. The van der Waals surface area contributed by atoms with Gasteiger partial charge >= 0.3 is 0 Å². The highest BCUT2D eigenvalue weighted by atomic mass is 32.2. The molecule has 0 radical (unpaired) electrons. The van der Waals surface area contributed by atoms with Crippen molar-refractivity contribution in [2.24, 2.45) is 5.73 Å². The summed E-state index contributed by atoms with van der Waals surface area (Å²) in [6.45, 7) is 5.13. The van der Waals surface area contributed by atoms with Crippen molar-refractivity contribution < 1.29 is 8.42 Å². The fourth-order valence-corrected chi connectivity index (χ4v) is 5.00. The van der Waals surface area contributed by atoms with E-state index >= 15 is 0 Å². The third kappa shape index (κ3) is 3.51. The first-order valence-corrected chi connectivity index (χ1v) is 9.17. The molecule has 20 heavy (non-hydrogen) atoms. The van der Waals surface area contributed by atoms with E-state index in [1.165, 1.54) is 0 Å². The second-order valence-corrected chi connectivity index (χ2v) is 7.73. The smallest absolute Gasteiger partial charge is 0.292 e. The Morgan fingerprint density at radius 3 is 2.35 bits per heavy atom. The van der Waals surface area contributed by atoms with Crippen LogP contribution in [-0.2, 0) is 10.2 Å². The van der Waals surface area contributed by atoms with Crippen molar-refractivity contribution in [2.45, 2.75) is 70.5 Å².